The summed E-state index contributed by atoms with van der Waals surface area (Å²) in [5.74, 6) is 1.62. The molecule has 0 fully saturated rings. The van der Waals surface area contributed by atoms with Crippen molar-refractivity contribution in [3.8, 4) is 11.3 Å². The summed E-state index contributed by atoms with van der Waals surface area (Å²) in [5, 5.41) is 14.5. The number of imidazole rings is 1. The first-order valence-corrected chi connectivity index (χ1v) is 10.5. The summed E-state index contributed by atoms with van der Waals surface area (Å²) in [5.41, 5.74) is 3.44. The smallest absolute Gasteiger partial charge is 0.194 e. The molecule has 1 unspecified atom stereocenters. The highest BCUT2D eigenvalue weighted by atomic mass is 16.3. The number of fused-ring (bicyclic) bond motifs is 1. The monoisotopic (exact) mass is 403 g/mol. The maximum absolute atomic E-state index is 11.2. The molecule has 6 heteroatoms. The number of nitrogens with zero attached hydrogens (tertiary/aromatic N) is 3. The first-order valence-electron chi connectivity index (χ1n) is 10.5. The van der Waals surface area contributed by atoms with Crippen LogP contribution in [0.25, 0.3) is 11.3 Å². The molecule has 0 saturated heterocycles. The van der Waals surface area contributed by atoms with Crippen LogP contribution in [0.5, 0.6) is 0 Å². The summed E-state index contributed by atoms with van der Waals surface area (Å²) in [7, 11) is 1.98. The van der Waals surface area contributed by atoms with Crippen molar-refractivity contribution in [3.05, 3.63) is 77.7 Å². The number of aliphatic hydroxyl groups is 1. The minimum absolute atomic E-state index is 0.337. The van der Waals surface area contributed by atoms with Crippen LogP contribution < -0.4 is 5.32 Å². The van der Waals surface area contributed by atoms with E-state index in [0.717, 1.165) is 41.6 Å². The fourth-order valence-corrected chi connectivity index (χ4v) is 4.01. The van der Waals surface area contributed by atoms with Gasteiger partial charge in [-0.2, -0.15) is 0 Å². The molecule has 6 nitrogen and oxygen atoms in total. The molecule has 0 bridgehead atoms. The van der Waals surface area contributed by atoms with Crippen LogP contribution in [-0.4, -0.2) is 46.1 Å². The van der Waals surface area contributed by atoms with E-state index in [1.54, 1.807) is 0 Å². The van der Waals surface area contributed by atoms with E-state index >= 15 is 0 Å². The highest BCUT2D eigenvalue weighted by molar-refractivity contribution is 5.79. The summed E-state index contributed by atoms with van der Waals surface area (Å²) in [6.45, 7) is 3.73. The van der Waals surface area contributed by atoms with Crippen LogP contribution in [0.15, 0.2) is 65.8 Å². The van der Waals surface area contributed by atoms with Gasteiger partial charge in [0.2, 0.25) is 0 Å². The van der Waals surface area contributed by atoms with Gasteiger partial charge in [-0.3, -0.25) is 0 Å². The third-order valence-corrected chi connectivity index (χ3v) is 5.61. The van der Waals surface area contributed by atoms with Crippen LogP contribution in [-0.2, 0) is 18.6 Å². The molecule has 0 aliphatic heterocycles. The minimum Gasteiger partial charge on any atom is -0.383 e. The van der Waals surface area contributed by atoms with Crippen LogP contribution in [0, 0.1) is 0 Å². The SMILES string of the molecule is CCNC(=NCC1(O)CCc2ccccc21)N(C)Cc1ncc(-c2ccccc2)[nH]1. The van der Waals surface area contributed by atoms with Crippen molar-refractivity contribution in [1.29, 1.82) is 0 Å². The predicted molar refractivity (Wildman–Crippen MR) is 120 cm³/mol. The highest BCUT2D eigenvalue weighted by Crippen LogP contribution is 2.36. The average Bonchev–Trinajstić information content (AvgIpc) is 3.37. The molecule has 3 aromatic rings. The van der Waals surface area contributed by atoms with Gasteiger partial charge in [-0.15, -0.1) is 0 Å². The molecule has 1 aliphatic rings. The van der Waals surface area contributed by atoms with Gasteiger partial charge in [0, 0.05) is 13.6 Å². The lowest BCUT2D eigenvalue weighted by Crippen LogP contribution is -2.40. The van der Waals surface area contributed by atoms with Gasteiger partial charge < -0.3 is 20.3 Å². The third-order valence-electron chi connectivity index (χ3n) is 5.61. The number of rotatable bonds is 6. The standard InChI is InChI=1S/C24H29N5O/c1-3-25-23(27-17-24(30)14-13-18-9-7-8-12-20(18)24)29(2)16-22-26-15-21(28-22)19-10-5-4-6-11-19/h4-12,15,30H,3,13-14,16-17H2,1-2H3,(H,25,27)(H,26,28). The van der Waals surface area contributed by atoms with E-state index in [2.05, 4.69) is 33.5 Å². The fourth-order valence-electron chi connectivity index (χ4n) is 4.01. The maximum Gasteiger partial charge on any atom is 0.194 e. The number of benzene rings is 2. The number of H-pyrrole nitrogens is 1. The molecule has 30 heavy (non-hydrogen) atoms. The molecule has 0 spiro atoms. The van der Waals surface area contributed by atoms with Gasteiger partial charge >= 0.3 is 0 Å². The molecule has 1 aromatic heterocycles. The van der Waals surface area contributed by atoms with E-state index in [1.165, 1.54) is 5.56 Å². The topological polar surface area (TPSA) is 76.5 Å². The van der Waals surface area contributed by atoms with Crippen molar-refractivity contribution in [3.63, 3.8) is 0 Å². The Balaban J connectivity index is 1.47. The molecular weight excluding hydrogens is 374 g/mol. The summed E-state index contributed by atoms with van der Waals surface area (Å²) < 4.78 is 0. The largest absolute Gasteiger partial charge is 0.383 e. The van der Waals surface area contributed by atoms with Crippen molar-refractivity contribution < 1.29 is 5.11 Å². The van der Waals surface area contributed by atoms with E-state index in [-0.39, 0.29) is 0 Å². The molecular formula is C24H29N5O. The highest BCUT2D eigenvalue weighted by Gasteiger charge is 2.36. The van der Waals surface area contributed by atoms with Gasteiger partial charge in [-0.05, 0) is 36.5 Å². The van der Waals surface area contributed by atoms with Gasteiger partial charge in [0.05, 0.1) is 25.0 Å². The molecule has 3 N–H and O–H groups in total. The minimum atomic E-state index is -0.900. The third kappa shape index (κ3) is 4.24. The molecule has 1 aliphatic carbocycles. The van der Waals surface area contributed by atoms with Gasteiger partial charge in [-0.1, -0.05) is 54.6 Å². The Morgan fingerprint density at radius 3 is 2.77 bits per heavy atom. The van der Waals surface area contributed by atoms with E-state index in [9.17, 15) is 5.11 Å². The van der Waals surface area contributed by atoms with Crippen molar-refractivity contribution >= 4 is 5.96 Å². The number of aryl methyl sites for hydroxylation is 1. The Labute approximate surface area is 177 Å². The van der Waals surface area contributed by atoms with Gasteiger partial charge in [-0.25, -0.2) is 9.98 Å². The van der Waals surface area contributed by atoms with Crippen LogP contribution in [0.1, 0.15) is 30.3 Å². The first-order chi connectivity index (χ1) is 14.6. The van der Waals surface area contributed by atoms with Gasteiger partial charge in [0.25, 0.3) is 0 Å². The fraction of sp³-hybridized carbons (Fsp3) is 0.333. The van der Waals surface area contributed by atoms with Crippen LogP contribution in [0.2, 0.25) is 0 Å². The molecule has 0 saturated carbocycles. The van der Waals surface area contributed by atoms with Crippen LogP contribution >= 0.6 is 0 Å². The number of hydrogen-bond donors (Lipinski definition) is 3. The predicted octanol–water partition coefficient (Wildman–Crippen LogP) is 3.31. The molecule has 0 radical (unpaired) electrons. The van der Waals surface area contributed by atoms with E-state index in [1.807, 2.05) is 61.5 Å². The zero-order chi connectivity index (χ0) is 21.0. The quantitative estimate of drug-likeness (QED) is 0.436. The maximum atomic E-state index is 11.2. The normalized spacial score (nSPS) is 18.3. The van der Waals surface area contributed by atoms with E-state index in [4.69, 9.17) is 4.99 Å². The van der Waals surface area contributed by atoms with E-state index < -0.39 is 5.60 Å². The summed E-state index contributed by atoms with van der Waals surface area (Å²) in [6.07, 6.45) is 3.46. The van der Waals surface area contributed by atoms with Crippen molar-refractivity contribution in [1.82, 2.24) is 20.2 Å². The first kappa shape index (κ1) is 20.2. The Morgan fingerprint density at radius 1 is 1.20 bits per heavy atom. The number of guanidine groups is 1. The van der Waals surface area contributed by atoms with Crippen LogP contribution in [0.3, 0.4) is 0 Å². The molecule has 1 atom stereocenters. The number of aromatic amines is 1. The second kappa shape index (κ2) is 8.71. The van der Waals surface area contributed by atoms with E-state index in [0.29, 0.717) is 19.5 Å². The lowest BCUT2D eigenvalue weighted by atomic mass is 9.96. The number of hydrogen-bond acceptors (Lipinski definition) is 3. The lowest BCUT2D eigenvalue weighted by Gasteiger charge is -2.25. The van der Waals surface area contributed by atoms with Crippen molar-refractivity contribution in [2.24, 2.45) is 4.99 Å². The Hall–Kier alpha value is -3.12. The summed E-state index contributed by atoms with van der Waals surface area (Å²) in [4.78, 5) is 14.7. The second-order valence-electron chi connectivity index (χ2n) is 7.82. The number of aliphatic imine (C=N–C) groups is 1. The molecule has 2 aromatic carbocycles. The van der Waals surface area contributed by atoms with Crippen LogP contribution in [0.4, 0.5) is 0 Å². The summed E-state index contributed by atoms with van der Waals surface area (Å²) >= 11 is 0. The van der Waals surface area contributed by atoms with Gasteiger partial charge in [0.15, 0.2) is 5.96 Å². The molecule has 156 valence electrons. The Kier molecular flexibility index (Phi) is 5.86. The molecule has 1 heterocycles. The Bertz CT molecular complexity index is 1010. The number of nitrogens with one attached hydrogen (secondary N) is 2. The average molecular weight is 404 g/mol. The molecule has 0 amide bonds. The number of aromatic nitrogens is 2. The molecule has 4 rings (SSSR count). The van der Waals surface area contributed by atoms with Crippen molar-refractivity contribution in [2.75, 3.05) is 20.1 Å². The second-order valence-corrected chi connectivity index (χ2v) is 7.82. The van der Waals surface area contributed by atoms with Gasteiger partial charge in [0.1, 0.15) is 11.4 Å². The summed E-state index contributed by atoms with van der Waals surface area (Å²) in [6, 6.07) is 18.3. The lowest BCUT2D eigenvalue weighted by molar-refractivity contribution is 0.0483. The Morgan fingerprint density at radius 2 is 1.97 bits per heavy atom. The zero-order valence-corrected chi connectivity index (χ0v) is 17.6. The zero-order valence-electron chi connectivity index (χ0n) is 17.6. The van der Waals surface area contributed by atoms with Crippen molar-refractivity contribution in [2.45, 2.75) is 31.9 Å².